The molecule has 130 valence electrons. The van der Waals surface area contributed by atoms with Gasteiger partial charge in [-0.3, -0.25) is 4.79 Å². The molecule has 2 aliphatic rings. The van der Waals surface area contributed by atoms with Crippen molar-refractivity contribution in [2.24, 2.45) is 11.7 Å². The Morgan fingerprint density at radius 1 is 1.20 bits per heavy atom. The van der Waals surface area contributed by atoms with Gasteiger partial charge in [-0.05, 0) is 48.9 Å². The first-order chi connectivity index (χ1) is 12.2. The van der Waals surface area contributed by atoms with Gasteiger partial charge < -0.3 is 16.0 Å². The summed E-state index contributed by atoms with van der Waals surface area (Å²) in [4.78, 5) is 18.2. The number of hydrogen-bond donors (Lipinski definition) is 2. The summed E-state index contributed by atoms with van der Waals surface area (Å²) in [6, 6.07) is 13.1. The topological polar surface area (TPSA) is 71.2 Å². The fourth-order valence-corrected chi connectivity index (χ4v) is 3.98. The number of hydrogen-bond acceptors (Lipinski definition) is 4. The average Bonchev–Trinajstić information content (AvgIpc) is 3.05. The van der Waals surface area contributed by atoms with Crippen molar-refractivity contribution < 1.29 is 4.79 Å². The number of primary amides is 1. The summed E-state index contributed by atoms with van der Waals surface area (Å²) < 4.78 is 0. The molecule has 1 aromatic heterocycles. The van der Waals surface area contributed by atoms with Crippen molar-refractivity contribution in [3.05, 3.63) is 53.7 Å². The number of nitrogens with two attached hydrogens (primary N) is 1. The number of pyridine rings is 1. The van der Waals surface area contributed by atoms with E-state index in [2.05, 4.69) is 45.5 Å². The highest BCUT2D eigenvalue weighted by Gasteiger charge is 2.25. The third-order valence-corrected chi connectivity index (χ3v) is 5.37. The number of carbonyl (C=O) groups is 1. The van der Waals surface area contributed by atoms with Gasteiger partial charge in [0.05, 0.1) is 23.8 Å². The second-order valence-electron chi connectivity index (χ2n) is 7.03. The quantitative estimate of drug-likeness (QED) is 0.900. The lowest BCUT2D eigenvalue weighted by Gasteiger charge is -2.32. The molecule has 0 saturated carbocycles. The van der Waals surface area contributed by atoms with Crippen molar-refractivity contribution in [3.8, 4) is 0 Å². The van der Waals surface area contributed by atoms with E-state index in [4.69, 9.17) is 5.73 Å². The monoisotopic (exact) mass is 336 g/mol. The Balaban J connectivity index is 1.43. The molecule has 0 bridgehead atoms. The van der Waals surface area contributed by atoms with Crippen LogP contribution in [0.4, 0.5) is 11.5 Å². The van der Waals surface area contributed by atoms with Gasteiger partial charge in [-0.25, -0.2) is 4.98 Å². The van der Waals surface area contributed by atoms with Gasteiger partial charge in [0.25, 0.3) is 0 Å². The Morgan fingerprint density at radius 2 is 2.08 bits per heavy atom. The van der Waals surface area contributed by atoms with Crippen LogP contribution in [0.3, 0.4) is 0 Å². The lowest BCUT2D eigenvalue weighted by atomic mass is 9.97. The standard InChI is InChI=1S/C20H24N4O/c21-20(25)15-5-3-11-24(13-15)19-10-8-16(12-22-19)23-18-9-7-14-4-1-2-6-17(14)18/h1-2,4,6,8,10,12,15,18,23H,3,5,7,9,11,13H2,(H2,21,25)/t15-,18-/m1/s1. The number of anilines is 2. The Labute approximate surface area is 148 Å². The lowest BCUT2D eigenvalue weighted by molar-refractivity contribution is -0.122. The largest absolute Gasteiger partial charge is 0.377 e. The van der Waals surface area contributed by atoms with Crippen LogP contribution in [0, 0.1) is 5.92 Å². The molecular formula is C20H24N4O. The molecule has 1 amide bonds. The van der Waals surface area contributed by atoms with Crippen molar-refractivity contribution >= 4 is 17.4 Å². The minimum absolute atomic E-state index is 0.0664. The van der Waals surface area contributed by atoms with Crippen molar-refractivity contribution in [1.82, 2.24) is 4.98 Å². The minimum Gasteiger partial charge on any atom is -0.377 e. The van der Waals surface area contributed by atoms with Gasteiger partial charge in [0.2, 0.25) is 5.91 Å². The van der Waals surface area contributed by atoms with Crippen LogP contribution in [0.25, 0.3) is 0 Å². The van der Waals surface area contributed by atoms with E-state index in [-0.39, 0.29) is 11.8 Å². The van der Waals surface area contributed by atoms with E-state index in [1.54, 1.807) is 0 Å². The minimum atomic E-state index is -0.206. The molecule has 0 unspecified atom stereocenters. The van der Waals surface area contributed by atoms with Crippen molar-refractivity contribution in [2.45, 2.75) is 31.7 Å². The number of piperidine rings is 1. The van der Waals surface area contributed by atoms with E-state index in [1.165, 1.54) is 11.1 Å². The van der Waals surface area contributed by atoms with E-state index >= 15 is 0 Å². The number of nitrogens with zero attached hydrogens (tertiary/aromatic N) is 2. The number of fused-ring (bicyclic) bond motifs is 1. The molecule has 2 atom stereocenters. The fraction of sp³-hybridized carbons (Fsp3) is 0.400. The second-order valence-corrected chi connectivity index (χ2v) is 7.03. The molecule has 1 saturated heterocycles. The smallest absolute Gasteiger partial charge is 0.222 e. The molecule has 4 rings (SSSR count). The zero-order valence-corrected chi connectivity index (χ0v) is 14.3. The van der Waals surface area contributed by atoms with E-state index in [1.807, 2.05) is 12.3 Å². The molecular weight excluding hydrogens is 312 g/mol. The summed E-state index contributed by atoms with van der Waals surface area (Å²) in [5.74, 6) is 0.648. The molecule has 2 aromatic rings. The number of benzene rings is 1. The number of carbonyl (C=O) groups excluding carboxylic acids is 1. The van der Waals surface area contributed by atoms with Gasteiger partial charge >= 0.3 is 0 Å². The number of aromatic nitrogens is 1. The van der Waals surface area contributed by atoms with Gasteiger partial charge in [-0.15, -0.1) is 0 Å². The molecule has 0 spiro atoms. The van der Waals surface area contributed by atoms with Gasteiger partial charge in [0.15, 0.2) is 0 Å². The molecule has 1 aliphatic heterocycles. The van der Waals surface area contributed by atoms with Crippen molar-refractivity contribution in [1.29, 1.82) is 0 Å². The molecule has 5 nitrogen and oxygen atoms in total. The Morgan fingerprint density at radius 3 is 2.88 bits per heavy atom. The van der Waals surface area contributed by atoms with Crippen LogP contribution in [-0.4, -0.2) is 24.0 Å². The average molecular weight is 336 g/mol. The molecule has 5 heteroatoms. The van der Waals surface area contributed by atoms with Gasteiger partial charge in [-0.2, -0.15) is 0 Å². The normalized spacial score (nSPS) is 22.5. The van der Waals surface area contributed by atoms with Crippen LogP contribution < -0.4 is 16.0 Å². The maximum Gasteiger partial charge on any atom is 0.222 e. The predicted octanol–water partition coefficient (Wildman–Crippen LogP) is 2.88. The molecule has 1 aromatic carbocycles. The SMILES string of the molecule is NC(=O)[C@@H]1CCCN(c2ccc(N[C@@H]3CCc4ccccc43)cn2)C1. The molecule has 2 heterocycles. The Bertz CT molecular complexity index is 759. The van der Waals surface area contributed by atoms with Crippen LogP contribution in [0.15, 0.2) is 42.6 Å². The molecule has 3 N–H and O–H groups in total. The zero-order chi connectivity index (χ0) is 17.2. The van der Waals surface area contributed by atoms with E-state index < -0.39 is 0 Å². The molecule has 1 aliphatic carbocycles. The maximum absolute atomic E-state index is 11.4. The number of amides is 1. The van der Waals surface area contributed by atoms with Gasteiger partial charge in [0, 0.05) is 13.1 Å². The maximum atomic E-state index is 11.4. The summed E-state index contributed by atoms with van der Waals surface area (Å²) in [5.41, 5.74) is 9.34. The van der Waals surface area contributed by atoms with Crippen LogP contribution in [0.5, 0.6) is 0 Å². The Hall–Kier alpha value is -2.56. The summed E-state index contributed by atoms with van der Waals surface area (Å²) >= 11 is 0. The van der Waals surface area contributed by atoms with E-state index in [0.717, 1.165) is 43.7 Å². The summed E-state index contributed by atoms with van der Waals surface area (Å²) in [7, 11) is 0. The van der Waals surface area contributed by atoms with Crippen LogP contribution in [0.1, 0.15) is 36.4 Å². The zero-order valence-electron chi connectivity index (χ0n) is 14.3. The third kappa shape index (κ3) is 3.31. The second kappa shape index (κ2) is 6.75. The van der Waals surface area contributed by atoms with Crippen molar-refractivity contribution in [3.63, 3.8) is 0 Å². The van der Waals surface area contributed by atoms with Gasteiger partial charge in [-0.1, -0.05) is 24.3 Å². The summed E-state index contributed by atoms with van der Waals surface area (Å²) in [6.45, 7) is 1.60. The highest BCUT2D eigenvalue weighted by molar-refractivity contribution is 5.77. The predicted molar refractivity (Wildman–Crippen MR) is 99.5 cm³/mol. The molecule has 0 radical (unpaired) electrons. The fourth-order valence-electron chi connectivity index (χ4n) is 3.98. The van der Waals surface area contributed by atoms with Gasteiger partial charge in [0.1, 0.15) is 5.82 Å². The van der Waals surface area contributed by atoms with Crippen LogP contribution >= 0.6 is 0 Å². The summed E-state index contributed by atoms with van der Waals surface area (Å²) in [5, 5.41) is 3.60. The first-order valence-electron chi connectivity index (χ1n) is 9.05. The third-order valence-electron chi connectivity index (χ3n) is 5.37. The van der Waals surface area contributed by atoms with Crippen LogP contribution in [-0.2, 0) is 11.2 Å². The molecule has 1 fully saturated rings. The van der Waals surface area contributed by atoms with E-state index in [9.17, 15) is 4.79 Å². The van der Waals surface area contributed by atoms with Crippen LogP contribution in [0.2, 0.25) is 0 Å². The lowest BCUT2D eigenvalue weighted by Crippen LogP contribution is -2.41. The highest BCUT2D eigenvalue weighted by Crippen LogP contribution is 2.33. The number of aryl methyl sites for hydroxylation is 1. The molecule has 25 heavy (non-hydrogen) atoms. The highest BCUT2D eigenvalue weighted by atomic mass is 16.1. The summed E-state index contributed by atoms with van der Waals surface area (Å²) in [6.07, 6.45) is 6.00. The van der Waals surface area contributed by atoms with E-state index in [0.29, 0.717) is 12.6 Å². The first-order valence-corrected chi connectivity index (χ1v) is 9.05. The Kier molecular flexibility index (Phi) is 4.30. The number of nitrogens with one attached hydrogen (secondary N) is 1. The number of rotatable bonds is 4. The first kappa shape index (κ1) is 15.9. The van der Waals surface area contributed by atoms with Crippen molar-refractivity contribution in [2.75, 3.05) is 23.3 Å².